The summed E-state index contributed by atoms with van der Waals surface area (Å²) < 4.78 is 36.1. The van der Waals surface area contributed by atoms with Crippen LogP contribution in [0.5, 0.6) is 28.7 Å². The molecule has 1 aliphatic carbocycles. The fraction of sp³-hybridized carbons (Fsp3) is 0.273. The van der Waals surface area contributed by atoms with Gasteiger partial charge in [-0.15, -0.1) is 5.10 Å². The molecule has 0 radical (unpaired) electrons. The second-order valence-electron chi connectivity index (χ2n) is 11.5. The van der Waals surface area contributed by atoms with Crippen molar-refractivity contribution in [3.8, 4) is 28.7 Å². The summed E-state index contributed by atoms with van der Waals surface area (Å²) in [6.07, 6.45) is 1.82. The Morgan fingerprint density at radius 3 is 2.49 bits per heavy atom. The molecule has 3 aliphatic rings. The highest BCUT2D eigenvalue weighted by molar-refractivity contribution is 9.10. The number of methoxy groups -OCH3 is 2. The Labute approximate surface area is 275 Å². The molecule has 8 rings (SSSR count). The van der Waals surface area contributed by atoms with Crippen molar-refractivity contribution in [3.63, 3.8) is 0 Å². The highest BCUT2D eigenvalue weighted by atomic mass is 79.9. The standard InChI is InChI=1S/C33H27BrN4O9/c1-42-26-5-15(6-27(43-2)32(26)40)29-18-8-24-25(46-14-45-24)9-19(18)31(21-13-44-33(41)30(21)29)38-12-17(36-37-38)11-35-22-10-28(39)47-23-4-3-16(34)7-20(22)23/h3-10,12,21,29-31,35,40H,11,13-14H2,1-2H3/t21-,29+,30-,31+/m0/s1. The minimum absolute atomic E-state index is 0.0750. The topological polar surface area (TPSA) is 156 Å². The number of rotatable bonds is 7. The van der Waals surface area contributed by atoms with E-state index in [1.165, 1.54) is 20.3 Å². The Morgan fingerprint density at radius 1 is 1.00 bits per heavy atom. The molecule has 0 saturated carbocycles. The first-order valence-electron chi connectivity index (χ1n) is 14.8. The number of halogens is 1. The van der Waals surface area contributed by atoms with Crippen LogP contribution in [0.25, 0.3) is 11.0 Å². The zero-order valence-electron chi connectivity index (χ0n) is 25.1. The second kappa shape index (κ2) is 11.2. The maximum atomic E-state index is 13.5. The first-order chi connectivity index (χ1) is 22.8. The average molecular weight is 704 g/mol. The van der Waals surface area contributed by atoms with Gasteiger partial charge in [0, 0.05) is 27.8 Å². The molecule has 1 saturated heterocycles. The van der Waals surface area contributed by atoms with Crippen molar-refractivity contribution >= 4 is 38.6 Å². The van der Waals surface area contributed by atoms with E-state index in [4.69, 9.17) is 28.1 Å². The number of nitrogens with one attached hydrogen (secondary N) is 1. The number of benzene rings is 3. The van der Waals surface area contributed by atoms with Crippen LogP contribution in [0.3, 0.4) is 0 Å². The van der Waals surface area contributed by atoms with Crippen molar-refractivity contribution in [2.45, 2.75) is 18.5 Å². The fourth-order valence-corrected chi connectivity index (χ4v) is 7.32. The van der Waals surface area contributed by atoms with Gasteiger partial charge in [-0.1, -0.05) is 21.1 Å². The summed E-state index contributed by atoms with van der Waals surface area (Å²) >= 11 is 3.48. The van der Waals surface area contributed by atoms with Gasteiger partial charge in [0.15, 0.2) is 23.0 Å². The van der Waals surface area contributed by atoms with Crippen molar-refractivity contribution in [2.75, 3.05) is 32.9 Å². The lowest BCUT2D eigenvalue weighted by Gasteiger charge is -2.39. The number of anilines is 1. The van der Waals surface area contributed by atoms with E-state index in [1.54, 1.807) is 28.9 Å². The molecule has 3 aromatic carbocycles. The van der Waals surface area contributed by atoms with E-state index in [0.717, 1.165) is 21.0 Å². The van der Waals surface area contributed by atoms with Gasteiger partial charge in [-0.3, -0.25) is 4.79 Å². The number of esters is 1. The van der Waals surface area contributed by atoms with E-state index in [-0.39, 0.29) is 49.1 Å². The van der Waals surface area contributed by atoms with Crippen LogP contribution < -0.4 is 29.9 Å². The van der Waals surface area contributed by atoms with Gasteiger partial charge < -0.3 is 38.5 Å². The molecule has 0 spiro atoms. The molecule has 14 heteroatoms. The Balaban J connectivity index is 1.20. The average Bonchev–Trinajstić information content (AvgIpc) is 3.82. The smallest absolute Gasteiger partial charge is 0.338 e. The number of carbonyl (C=O) groups is 1. The van der Waals surface area contributed by atoms with Crippen LogP contribution in [0.15, 0.2) is 68.4 Å². The molecule has 0 unspecified atom stereocenters. The van der Waals surface area contributed by atoms with E-state index >= 15 is 0 Å². The predicted octanol–water partition coefficient (Wildman–Crippen LogP) is 4.73. The number of phenols is 1. The van der Waals surface area contributed by atoms with Crippen molar-refractivity contribution in [1.82, 2.24) is 15.0 Å². The van der Waals surface area contributed by atoms with Crippen LogP contribution >= 0.6 is 15.9 Å². The molecule has 2 aromatic heterocycles. The lowest BCUT2D eigenvalue weighted by molar-refractivity contribution is -0.141. The first kappa shape index (κ1) is 29.2. The van der Waals surface area contributed by atoms with Crippen LogP contribution in [0.1, 0.15) is 34.3 Å². The molecular formula is C33H27BrN4O9. The molecule has 2 aliphatic heterocycles. The Morgan fingerprint density at radius 2 is 1.74 bits per heavy atom. The summed E-state index contributed by atoms with van der Waals surface area (Å²) in [6, 6.07) is 13.6. The van der Waals surface area contributed by atoms with Gasteiger partial charge in [0.2, 0.25) is 12.5 Å². The van der Waals surface area contributed by atoms with Gasteiger partial charge >= 0.3 is 11.6 Å². The highest BCUT2D eigenvalue weighted by Crippen LogP contribution is 2.56. The number of fused-ring (bicyclic) bond motifs is 4. The molecule has 47 heavy (non-hydrogen) atoms. The summed E-state index contributed by atoms with van der Waals surface area (Å²) in [7, 11) is 2.91. The maximum Gasteiger partial charge on any atom is 0.338 e. The number of nitrogens with zero attached hydrogens (tertiary/aromatic N) is 3. The van der Waals surface area contributed by atoms with E-state index in [2.05, 4.69) is 31.6 Å². The zero-order valence-corrected chi connectivity index (χ0v) is 26.6. The van der Waals surface area contributed by atoms with E-state index in [9.17, 15) is 14.7 Å². The van der Waals surface area contributed by atoms with Crippen molar-refractivity contribution < 1.29 is 38.0 Å². The van der Waals surface area contributed by atoms with Crippen LogP contribution in [-0.4, -0.2) is 53.7 Å². The number of hydrogen-bond acceptors (Lipinski definition) is 12. The Hall–Kier alpha value is -5.24. The summed E-state index contributed by atoms with van der Waals surface area (Å²) in [5.41, 5.74) is 3.58. The SMILES string of the molecule is COc1cc([C@@H]2c3cc4c(cc3[C@@H](n3cc(CNc5cc(=O)oc6ccc(Br)cc56)nn3)[C@H]3COC(=O)[C@H]23)OCO4)cc(OC)c1O. The number of cyclic esters (lactones) is 1. The number of aromatic hydroxyl groups is 1. The van der Waals surface area contributed by atoms with Crippen LogP contribution in [-0.2, 0) is 16.1 Å². The molecule has 0 amide bonds. The summed E-state index contributed by atoms with van der Waals surface area (Å²) in [5.74, 6) is -0.314. The minimum atomic E-state index is -0.606. The van der Waals surface area contributed by atoms with Crippen LogP contribution in [0.2, 0.25) is 0 Å². The number of hydrogen-bond donors (Lipinski definition) is 2. The quantitative estimate of drug-likeness (QED) is 0.178. The number of ether oxygens (including phenoxy) is 5. The summed E-state index contributed by atoms with van der Waals surface area (Å²) in [6.45, 7) is 0.510. The molecule has 240 valence electrons. The van der Waals surface area contributed by atoms with Gasteiger partial charge in [-0.05, 0) is 59.2 Å². The number of phenolic OH excluding ortho intramolecular Hbond substituents is 1. The lowest BCUT2D eigenvalue weighted by Crippen LogP contribution is -2.37. The molecule has 1 fully saturated rings. The molecule has 5 aromatic rings. The van der Waals surface area contributed by atoms with Gasteiger partial charge in [-0.2, -0.15) is 0 Å². The van der Waals surface area contributed by atoms with Gasteiger partial charge in [0.25, 0.3) is 0 Å². The van der Waals surface area contributed by atoms with Gasteiger partial charge in [0.05, 0.1) is 51.2 Å². The lowest BCUT2D eigenvalue weighted by atomic mass is 9.65. The normalized spacial score (nSPS) is 20.9. The third-order valence-electron chi connectivity index (χ3n) is 9.02. The highest BCUT2D eigenvalue weighted by Gasteiger charge is 2.53. The molecular weight excluding hydrogens is 676 g/mol. The fourth-order valence-electron chi connectivity index (χ4n) is 6.96. The third kappa shape index (κ3) is 4.82. The van der Waals surface area contributed by atoms with E-state index in [0.29, 0.717) is 34.0 Å². The van der Waals surface area contributed by atoms with Crippen molar-refractivity contribution in [2.24, 2.45) is 11.8 Å². The van der Waals surface area contributed by atoms with Crippen molar-refractivity contribution in [1.29, 1.82) is 0 Å². The zero-order chi connectivity index (χ0) is 32.4. The predicted molar refractivity (Wildman–Crippen MR) is 169 cm³/mol. The molecule has 4 heterocycles. The minimum Gasteiger partial charge on any atom is -0.502 e. The Bertz CT molecular complexity index is 2100. The Kier molecular flexibility index (Phi) is 6.97. The third-order valence-corrected chi connectivity index (χ3v) is 9.51. The molecule has 4 atom stereocenters. The number of carbonyl (C=O) groups excluding carboxylic acids is 1. The molecule has 2 N–H and O–H groups in total. The van der Waals surface area contributed by atoms with E-state index in [1.807, 2.05) is 24.4 Å². The summed E-state index contributed by atoms with van der Waals surface area (Å²) in [4.78, 5) is 25.8. The first-order valence-corrected chi connectivity index (χ1v) is 15.5. The van der Waals surface area contributed by atoms with E-state index < -0.39 is 23.5 Å². The molecule has 13 nitrogen and oxygen atoms in total. The second-order valence-corrected chi connectivity index (χ2v) is 12.4. The summed E-state index contributed by atoms with van der Waals surface area (Å²) in [5, 5.41) is 23.6. The van der Waals surface area contributed by atoms with Crippen LogP contribution in [0.4, 0.5) is 5.69 Å². The van der Waals surface area contributed by atoms with Crippen LogP contribution in [0, 0.1) is 11.8 Å². The molecule has 0 bridgehead atoms. The maximum absolute atomic E-state index is 13.5. The van der Waals surface area contributed by atoms with Gasteiger partial charge in [-0.25, -0.2) is 9.48 Å². The van der Waals surface area contributed by atoms with Gasteiger partial charge in [0.1, 0.15) is 11.3 Å². The largest absolute Gasteiger partial charge is 0.502 e. The number of aromatic nitrogens is 3. The van der Waals surface area contributed by atoms with Crippen molar-refractivity contribution in [3.05, 3.63) is 92.0 Å². The monoisotopic (exact) mass is 702 g/mol.